The number of allylic oxidation sites excluding steroid dienone is 1. The summed E-state index contributed by atoms with van der Waals surface area (Å²) in [5, 5.41) is 3.21. The summed E-state index contributed by atoms with van der Waals surface area (Å²) in [5.74, 6) is 1.82. The Hall–Kier alpha value is -3.34. The lowest BCUT2D eigenvalue weighted by atomic mass is 9.99. The number of anilines is 1. The molecule has 5 heteroatoms. The second kappa shape index (κ2) is 8.99. The molecule has 0 atom stereocenters. The third-order valence-corrected chi connectivity index (χ3v) is 5.62. The normalized spacial score (nSPS) is 16.1. The highest BCUT2D eigenvalue weighted by Gasteiger charge is 2.17. The number of benzene rings is 1. The van der Waals surface area contributed by atoms with Gasteiger partial charge in [-0.3, -0.25) is 4.79 Å². The molecule has 0 unspecified atom stereocenters. The van der Waals surface area contributed by atoms with Crippen molar-refractivity contribution in [2.45, 2.75) is 25.7 Å². The second-order valence-electron chi connectivity index (χ2n) is 7.72. The molecule has 1 amide bonds. The van der Waals surface area contributed by atoms with Crippen LogP contribution in [0.4, 0.5) is 5.82 Å². The lowest BCUT2D eigenvalue weighted by Crippen LogP contribution is -2.33. The van der Waals surface area contributed by atoms with E-state index in [0.29, 0.717) is 6.54 Å². The van der Waals surface area contributed by atoms with E-state index in [0.717, 1.165) is 55.1 Å². The number of ether oxygens (including phenoxy) is 1. The average molecular weight is 402 g/mol. The van der Waals surface area contributed by atoms with E-state index in [4.69, 9.17) is 4.74 Å². The number of amides is 1. The number of rotatable bonds is 5. The zero-order valence-corrected chi connectivity index (χ0v) is 17.4. The van der Waals surface area contributed by atoms with Gasteiger partial charge in [0.15, 0.2) is 0 Å². The number of hydrogen-bond acceptors (Lipinski definition) is 4. The van der Waals surface area contributed by atoms with Gasteiger partial charge in [-0.05, 0) is 60.6 Å². The van der Waals surface area contributed by atoms with Crippen LogP contribution >= 0.6 is 0 Å². The number of aromatic nitrogens is 1. The Labute approximate surface area is 177 Å². The minimum absolute atomic E-state index is 0.0341. The lowest BCUT2D eigenvalue weighted by Gasteiger charge is -2.26. The number of hydrogen-bond donors (Lipinski definition) is 1. The number of para-hydroxylation sites is 1. The monoisotopic (exact) mass is 401 g/mol. The van der Waals surface area contributed by atoms with Gasteiger partial charge in [0.2, 0.25) is 5.91 Å². The zero-order chi connectivity index (χ0) is 20.9. The third-order valence-electron chi connectivity index (χ3n) is 5.62. The summed E-state index contributed by atoms with van der Waals surface area (Å²) < 4.78 is 5.45. The molecule has 0 spiro atoms. The minimum Gasteiger partial charge on any atom is -0.496 e. The van der Waals surface area contributed by atoms with Crippen molar-refractivity contribution in [2.24, 2.45) is 0 Å². The molecule has 30 heavy (non-hydrogen) atoms. The van der Waals surface area contributed by atoms with Crippen LogP contribution in [0.3, 0.4) is 0 Å². The summed E-state index contributed by atoms with van der Waals surface area (Å²) >= 11 is 0. The van der Waals surface area contributed by atoms with E-state index in [1.165, 1.54) is 16.7 Å². The topological polar surface area (TPSA) is 54.5 Å². The highest BCUT2D eigenvalue weighted by molar-refractivity contribution is 5.92. The number of carbonyl (C=O) groups excluding carboxylic acids is 1. The molecule has 0 aliphatic carbocycles. The largest absolute Gasteiger partial charge is 0.496 e. The fourth-order valence-electron chi connectivity index (χ4n) is 3.88. The van der Waals surface area contributed by atoms with E-state index in [1.807, 2.05) is 29.2 Å². The van der Waals surface area contributed by atoms with Crippen molar-refractivity contribution < 1.29 is 9.53 Å². The third kappa shape index (κ3) is 4.62. The van der Waals surface area contributed by atoms with Crippen LogP contribution in [0.5, 0.6) is 5.75 Å². The first-order valence-electron chi connectivity index (χ1n) is 10.3. The first kappa shape index (κ1) is 20.0. The van der Waals surface area contributed by atoms with Gasteiger partial charge >= 0.3 is 0 Å². The van der Waals surface area contributed by atoms with Crippen LogP contribution in [0.1, 0.15) is 29.5 Å². The van der Waals surface area contributed by atoms with E-state index in [-0.39, 0.29) is 5.91 Å². The van der Waals surface area contributed by atoms with Crippen LogP contribution in [-0.4, -0.2) is 36.0 Å². The fourth-order valence-corrected chi connectivity index (χ4v) is 3.88. The van der Waals surface area contributed by atoms with Gasteiger partial charge in [0.1, 0.15) is 11.6 Å². The molecule has 0 fully saturated rings. The molecular formula is C25H27N3O2. The molecule has 3 heterocycles. The minimum atomic E-state index is 0.0341. The molecule has 0 radical (unpaired) electrons. The second-order valence-corrected chi connectivity index (χ2v) is 7.72. The molecule has 1 aromatic heterocycles. The number of methoxy groups -OCH3 is 1. The standard InChI is InChI=1S/C25H27N3O2/c1-18-7-9-22-16-20(17-26-25(22)27-18)8-10-24(29)28-13-11-19(12-14-28)15-21-5-3-4-6-23(21)30-2/h3-6,8,10-11,16-17H,1,7,9,12-15H2,2H3,(H,26,27)/b10-8+. The van der Waals surface area contributed by atoms with Crippen molar-refractivity contribution in [3.05, 3.63) is 83.2 Å². The van der Waals surface area contributed by atoms with Crippen molar-refractivity contribution in [1.29, 1.82) is 0 Å². The number of nitrogens with zero attached hydrogens (tertiary/aromatic N) is 2. The molecule has 0 saturated heterocycles. The Morgan fingerprint density at radius 1 is 1.30 bits per heavy atom. The van der Waals surface area contributed by atoms with E-state index in [2.05, 4.69) is 35.1 Å². The summed E-state index contributed by atoms with van der Waals surface area (Å²) in [6, 6.07) is 10.2. The van der Waals surface area contributed by atoms with Crippen molar-refractivity contribution >= 4 is 17.8 Å². The number of carbonyl (C=O) groups is 1. The average Bonchev–Trinajstić information content (AvgIpc) is 2.78. The Bertz CT molecular complexity index is 1020. The Balaban J connectivity index is 1.35. The number of fused-ring (bicyclic) bond motifs is 1. The summed E-state index contributed by atoms with van der Waals surface area (Å²) in [4.78, 5) is 18.9. The van der Waals surface area contributed by atoms with Gasteiger partial charge in [0.25, 0.3) is 0 Å². The first-order valence-corrected chi connectivity index (χ1v) is 10.3. The summed E-state index contributed by atoms with van der Waals surface area (Å²) in [5.41, 5.74) is 5.64. The zero-order valence-electron chi connectivity index (χ0n) is 17.4. The molecule has 1 aromatic carbocycles. The van der Waals surface area contributed by atoms with E-state index in [9.17, 15) is 4.79 Å². The number of nitrogens with one attached hydrogen (secondary N) is 1. The van der Waals surface area contributed by atoms with Gasteiger partial charge in [0.05, 0.1) is 7.11 Å². The van der Waals surface area contributed by atoms with Crippen molar-refractivity contribution in [1.82, 2.24) is 9.88 Å². The lowest BCUT2D eigenvalue weighted by molar-refractivity contribution is -0.125. The van der Waals surface area contributed by atoms with E-state index in [1.54, 1.807) is 19.4 Å². The Morgan fingerprint density at radius 3 is 2.97 bits per heavy atom. The first-order chi connectivity index (χ1) is 14.6. The molecule has 5 nitrogen and oxygen atoms in total. The predicted molar refractivity (Wildman–Crippen MR) is 120 cm³/mol. The van der Waals surface area contributed by atoms with Crippen molar-refractivity contribution in [3.63, 3.8) is 0 Å². The molecule has 0 saturated carbocycles. The van der Waals surface area contributed by atoms with Crippen LogP contribution < -0.4 is 10.1 Å². The van der Waals surface area contributed by atoms with Gasteiger partial charge in [-0.25, -0.2) is 4.98 Å². The molecule has 2 aromatic rings. The summed E-state index contributed by atoms with van der Waals surface area (Å²) in [7, 11) is 1.70. The van der Waals surface area contributed by atoms with Crippen LogP contribution in [-0.2, 0) is 17.6 Å². The molecule has 2 aliphatic rings. The molecule has 0 bridgehead atoms. The van der Waals surface area contributed by atoms with Crippen LogP contribution in [0.2, 0.25) is 0 Å². The van der Waals surface area contributed by atoms with Gasteiger partial charge in [-0.1, -0.05) is 36.4 Å². The Morgan fingerprint density at radius 2 is 2.17 bits per heavy atom. The Kier molecular flexibility index (Phi) is 5.98. The highest BCUT2D eigenvalue weighted by Crippen LogP contribution is 2.25. The maximum atomic E-state index is 12.6. The van der Waals surface area contributed by atoms with Crippen molar-refractivity contribution in [2.75, 3.05) is 25.5 Å². The maximum Gasteiger partial charge on any atom is 0.246 e. The van der Waals surface area contributed by atoms with E-state index >= 15 is 0 Å². The van der Waals surface area contributed by atoms with Crippen LogP contribution in [0.25, 0.3) is 6.08 Å². The molecule has 154 valence electrons. The number of aryl methyl sites for hydroxylation is 1. The molecular weight excluding hydrogens is 374 g/mol. The number of pyridine rings is 1. The highest BCUT2D eigenvalue weighted by atomic mass is 16.5. The van der Waals surface area contributed by atoms with Crippen molar-refractivity contribution in [3.8, 4) is 5.75 Å². The molecule has 1 N–H and O–H groups in total. The predicted octanol–water partition coefficient (Wildman–Crippen LogP) is 4.38. The van der Waals surface area contributed by atoms with Gasteiger partial charge < -0.3 is 15.0 Å². The SMILES string of the molecule is C=C1CCc2cc(/C=C/C(=O)N3CC=C(Cc4ccccc4OC)CC3)cnc2N1. The fraction of sp³-hybridized carbons (Fsp3) is 0.280. The molecule has 4 rings (SSSR count). The van der Waals surface area contributed by atoms with Crippen LogP contribution in [0.15, 0.2) is 66.5 Å². The smallest absolute Gasteiger partial charge is 0.246 e. The quantitative estimate of drug-likeness (QED) is 0.597. The van der Waals surface area contributed by atoms with E-state index < -0.39 is 0 Å². The van der Waals surface area contributed by atoms with Gasteiger partial charge in [-0.2, -0.15) is 0 Å². The maximum absolute atomic E-state index is 12.6. The molecule has 2 aliphatic heterocycles. The summed E-state index contributed by atoms with van der Waals surface area (Å²) in [6.45, 7) is 5.33. The van der Waals surface area contributed by atoms with Crippen LogP contribution in [0, 0.1) is 0 Å². The van der Waals surface area contributed by atoms with Gasteiger partial charge in [-0.15, -0.1) is 0 Å². The summed E-state index contributed by atoms with van der Waals surface area (Å²) in [6.07, 6.45) is 11.0. The van der Waals surface area contributed by atoms with Gasteiger partial charge in [0, 0.05) is 31.1 Å².